The molecule has 0 bridgehead atoms. The lowest BCUT2D eigenvalue weighted by Gasteiger charge is -2.16. The molecule has 0 spiro atoms. The molecule has 1 aromatic rings. The monoisotopic (exact) mass is 235 g/mol. The third-order valence-corrected chi connectivity index (χ3v) is 1.93. The molecule has 1 aromatic heterocycles. The van der Waals surface area contributed by atoms with E-state index in [0.717, 1.165) is 6.92 Å². The fourth-order valence-corrected chi connectivity index (χ4v) is 0.952. The lowest BCUT2D eigenvalue weighted by atomic mass is 10.3. The van der Waals surface area contributed by atoms with Gasteiger partial charge in [-0.1, -0.05) is 0 Å². The number of anilines is 1. The number of nitrogens with two attached hydrogens (primary N) is 1. The van der Waals surface area contributed by atoms with Gasteiger partial charge < -0.3 is 10.2 Å². The molecule has 1 heterocycles. The zero-order chi connectivity index (χ0) is 12.2. The highest BCUT2D eigenvalue weighted by molar-refractivity contribution is 5.41. The van der Waals surface area contributed by atoms with Gasteiger partial charge in [-0.2, -0.15) is 13.2 Å². The Morgan fingerprint density at radius 2 is 2.25 bits per heavy atom. The number of hydrazine groups is 1. The second-order valence-electron chi connectivity index (χ2n) is 3.18. The number of alkyl halides is 3. The first kappa shape index (κ1) is 12.7. The van der Waals surface area contributed by atoms with Crippen molar-refractivity contribution in [1.82, 2.24) is 4.98 Å². The molecule has 0 aliphatic heterocycles. The van der Waals surface area contributed by atoms with E-state index in [4.69, 9.17) is 5.84 Å². The van der Waals surface area contributed by atoms with Gasteiger partial charge in [0.25, 0.3) is 0 Å². The summed E-state index contributed by atoms with van der Waals surface area (Å²) in [5.74, 6) is 5.15. The minimum Gasteiger partial charge on any atom is -0.363 e. The number of rotatable bonds is 4. The van der Waals surface area contributed by atoms with Crippen LogP contribution in [0.25, 0.3) is 0 Å². The molecule has 0 fully saturated rings. The Balaban J connectivity index is 2.54. The molecule has 3 N–H and O–H groups in total. The van der Waals surface area contributed by atoms with Crippen LogP contribution in [0.5, 0.6) is 0 Å². The van der Waals surface area contributed by atoms with Crippen molar-refractivity contribution in [2.24, 2.45) is 5.84 Å². The van der Waals surface area contributed by atoms with Gasteiger partial charge in [0.15, 0.2) is 6.10 Å². The summed E-state index contributed by atoms with van der Waals surface area (Å²) in [7, 11) is 0. The topological polar surface area (TPSA) is 60.2 Å². The fraction of sp³-hybridized carbons (Fsp3) is 0.444. The Morgan fingerprint density at radius 3 is 2.81 bits per heavy atom. The van der Waals surface area contributed by atoms with Crippen LogP contribution in [-0.4, -0.2) is 17.3 Å². The molecular weight excluding hydrogens is 223 g/mol. The van der Waals surface area contributed by atoms with Crippen LogP contribution in [0.15, 0.2) is 18.3 Å². The average molecular weight is 235 g/mol. The van der Waals surface area contributed by atoms with Gasteiger partial charge >= 0.3 is 6.18 Å². The Morgan fingerprint density at radius 1 is 1.56 bits per heavy atom. The van der Waals surface area contributed by atoms with Crippen LogP contribution in [-0.2, 0) is 11.3 Å². The summed E-state index contributed by atoms with van der Waals surface area (Å²) in [5.41, 5.74) is 3.31. The second kappa shape index (κ2) is 5.13. The van der Waals surface area contributed by atoms with Gasteiger partial charge in [-0.25, -0.2) is 0 Å². The van der Waals surface area contributed by atoms with Crippen molar-refractivity contribution in [3.8, 4) is 0 Å². The lowest BCUT2D eigenvalue weighted by molar-refractivity contribution is -0.217. The summed E-state index contributed by atoms with van der Waals surface area (Å²) < 4.78 is 41.0. The van der Waals surface area contributed by atoms with E-state index in [0.29, 0.717) is 11.4 Å². The molecule has 1 atom stereocenters. The molecule has 0 amide bonds. The van der Waals surface area contributed by atoms with Crippen LogP contribution in [0.1, 0.15) is 12.6 Å². The van der Waals surface area contributed by atoms with Gasteiger partial charge in [0.1, 0.15) is 0 Å². The van der Waals surface area contributed by atoms with E-state index in [1.807, 2.05) is 0 Å². The van der Waals surface area contributed by atoms with Crippen molar-refractivity contribution in [3.05, 3.63) is 24.0 Å². The van der Waals surface area contributed by atoms with E-state index < -0.39 is 12.3 Å². The number of pyridine rings is 1. The summed E-state index contributed by atoms with van der Waals surface area (Å²) in [6, 6.07) is 3.11. The number of halogens is 3. The molecule has 0 saturated carbocycles. The number of nitrogen functional groups attached to an aromatic ring is 1. The van der Waals surface area contributed by atoms with Gasteiger partial charge in [-0.05, 0) is 19.1 Å². The molecule has 0 aliphatic carbocycles. The van der Waals surface area contributed by atoms with Crippen LogP contribution < -0.4 is 11.3 Å². The van der Waals surface area contributed by atoms with Crippen LogP contribution in [0.3, 0.4) is 0 Å². The first-order chi connectivity index (χ1) is 7.43. The Hall–Kier alpha value is -1.34. The van der Waals surface area contributed by atoms with Gasteiger partial charge in [-0.15, -0.1) is 0 Å². The minimum absolute atomic E-state index is 0.212. The van der Waals surface area contributed by atoms with Crippen LogP contribution in [0.4, 0.5) is 18.9 Å². The number of aromatic nitrogens is 1. The van der Waals surface area contributed by atoms with Crippen molar-refractivity contribution in [3.63, 3.8) is 0 Å². The highest BCUT2D eigenvalue weighted by Crippen LogP contribution is 2.23. The number of hydrogen-bond donors (Lipinski definition) is 2. The maximum atomic E-state index is 12.1. The molecule has 1 rings (SSSR count). The second-order valence-corrected chi connectivity index (χ2v) is 3.18. The van der Waals surface area contributed by atoms with Crippen molar-refractivity contribution in [1.29, 1.82) is 0 Å². The van der Waals surface area contributed by atoms with E-state index in [2.05, 4.69) is 15.1 Å². The molecule has 1 unspecified atom stereocenters. The predicted molar refractivity (Wildman–Crippen MR) is 52.4 cm³/mol. The maximum Gasteiger partial charge on any atom is 0.414 e. The van der Waals surface area contributed by atoms with Crippen LogP contribution in [0, 0.1) is 0 Å². The zero-order valence-corrected chi connectivity index (χ0v) is 8.58. The number of ether oxygens (including phenoxy) is 1. The SMILES string of the molecule is CC(OCc1cc(NN)ccn1)C(F)(F)F. The van der Waals surface area contributed by atoms with Gasteiger partial charge in [0, 0.05) is 6.20 Å². The average Bonchev–Trinajstić information content (AvgIpc) is 2.25. The lowest BCUT2D eigenvalue weighted by Crippen LogP contribution is -2.28. The largest absolute Gasteiger partial charge is 0.414 e. The highest BCUT2D eigenvalue weighted by atomic mass is 19.4. The van der Waals surface area contributed by atoms with E-state index in [1.54, 1.807) is 6.07 Å². The van der Waals surface area contributed by atoms with Crippen LogP contribution >= 0.6 is 0 Å². The third-order valence-electron chi connectivity index (χ3n) is 1.93. The molecule has 90 valence electrons. The predicted octanol–water partition coefficient (Wildman–Crippen LogP) is 1.83. The van der Waals surface area contributed by atoms with E-state index >= 15 is 0 Å². The standard InChI is InChI=1S/C9H12F3N3O/c1-6(9(10,11)12)16-5-8-4-7(15-13)2-3-14-8/h2-4,6H,5,13H2,1H3,(H,14,15). The summed E-state index contributed by atoms with van der Waals surface area (Å²) in [6.45, 7) is 0.737. The molecular formula is C9H12F3N3O. The van der Waals surface area contributed by atoms with E-state index in [1.165, 1.54) is 12.3 Å². The molecule has 4 nitrogen and oxygen atoms in total. The zero-order valence-electron chi connectivity index (χ0n) is 8.58. The van der Waals surface area contributed by atoms with Gasteiger partial charge in [0.05, 0.1) is 18.0 Å². The van der Waals surface area contributed by atoms with Crippen molar-refractivity contribution < 1.29 is 17.9 Å². The molecule has 16 heavy (non-hydrogen) atoms. The normalized spacial score (nSPS) is 13.6. The Kier molecular flexibility index (Phi) is 4.08. The number of hydrogen-bond acceptors (Lipinski definition) is 4. The van der Waals surface area contributed by atoms with E-state index in [9.17, 15) is 13.2 Å². The van der Waals surface area contributed by atoms with Crippen molar-refractivity contribution in [2.45, 2.75) is 25.8 Å². The van der Waals surface area contributed by atoms with Gasteiger partial charge in [-0.3, -0.25) is 10.8 Å². The molecule has 0 saturated heterocycles. The highest BCUT2D eigenvalue weighted by Gasteiger charge is 2.36. The fourth-order valence-electron chi connectivity index (χ4n) is 0.952. The first-order valence-corrected chi connectivity index (χ1v) is 4.53. The maximum absolute atomic E-state index is 12.1. The molecule has 0 aromatic carbocycles. The summed E-state index contributed by atoms with van der Waals surface area (Å²) >= 11 is 0. The number of nitrogens with one attached hydrogen (secondary N) is 1. The Labute approximate surface area is 90.6 Å². The van der Waals surface area contributed by atoms with Crippen molar-refractivity contribution >= 4 is 5.69 Å². The summed E-state index contributed by atoms with van der Waals surface area (Å²) in [4.78, 5) is 3.85. The summed E-state index contributed by atoms with van der Waals surface area (Å²) in [5, 5.41) is 0. The van der Waals surface area contributed by atoms with Gasteiger partial charge in [0.2, 0.25) is 0 Å². The molecule has 0 aliphatic rings. The summed E-state index contributed by atoms with van der Waals surface area (Å²) in [6.07, 6.45) is -4.74. The minimum atomic E-state index is -4.36. The molecule has 0 radical (unpaired) electrons. The smallest absolute Gasteiger partial charge is 0.363 e. The quantitative estimate of drug-likeness (QED) is 0.617. The van der Waals surface area contributed by atoms with Crippen molar-refractivity contribution in [2.75, 3.05) is 5.43 Å². The number of nitrogens with zero attached hydrogens (tertiary/aromatic N) is 1. The molecule has 7 heteroatoms. The first-order valence-electron chi connectivity index (χ1n) is 4.53. The third kappa shape index (κ3) is 3.67. The van der Waals surface area contributed by atoms with E-state index in [-0.39, 0.29) is 6.61 Å². The van der Waals surface area contributed by atoms with Crippen LogP contribution in [0.2, 0.25) is 0 Å². The Bertz CT molecular complexity index is 343.